The van der Waals surface area contributed by atoms with Crippen LogP contribution in [0, 0.1) is 0 Å². The van der Waals surface area contributed by atoms with E-state index in [1.807, 2.05) is 6.92 Å². The lowest BCUT2D eigenvalue weighted by Gasteiger charge is -1.94. The zero-order valence-electron chi connectivity index (χ0n) is 6.71. The van der Waals surface area contributed by atoms with Crippen molar-refractivity contribution in [3.05, 3.63) is 11.8 Å². The molecule has 0 aromatic carbocycles. The molecule has 0 saturated carbocycles. The van der Waals surface area contributed by atoms with E-state index in [0.717, 1.165) is 19.3 Å². The van der Waals surface area contributed by atoms with Crippen molar-refractivity contribution in [3.8, 4) is 0 Å². The number of hydrogen-bond acceptors (Lipinski definition) is 2. The monoisotopic (exact) mass is 158 g/mol. The Kier molecular flexibility index (Phi) is 5.25. The Bertz CT molecular complexity index is 149. The van der Waals surface area contributed by atoms with Crippen molar-refractivity contribution in [1.29, 1.82) is 0 Å². The van der Waals surface area contributed by atoms with Gasteiger partial charge < -0.3 is 10.2 Å². The topological polar surface area (TPSA) is 57.5 Å². The zero-order chi connectivity index (χ0) is 8.69. The molecule has 0 aliphatic rings. The summed E-state index contributed by atoms with van der Waals surface area (Å²) in [6.07, 6.45) is 4.11. The van der Waals surface area contributed by atoms with Gasteiger partial charge in [-0.25, -0.2) is 0 Å². The van der Waals surface area contributed by atoms with Crippen molar-refractivity contribution in [1.82, 2.24) is 0 Å². The molecule has 64 valence electrons. The van der Waals surface area contributed by atoms with E-state index in [1.165, 1.54) is 0 Å². The summed E-state index contributed by atoms with van der Waals surface area (Å²) >= 11 is 0. The molecule has 0 atom stereocenters. The number of allylic oxidation sites excluding steroid dienone is 1. The largest absolute Gasteiger partial charge is 0.512 e. The third-order valence-electron chi connectivity index (χ3n) is 1.27. The fourth-order valence-electron chi connectivity index (χ4n) is 0.700. The van der Waals surface area contributed by atoms with E-state index in [1.54, 1.807) is 6.08 Å². The number of carboxylic acids is 1. The van der Waals surface area contributed by atoms with Crippen LogP contribution in [0.2, 0.25) is 0 Å². The van der Waals surface area contributed by atoms with E-state index in [0.29, 0.717) is 0 Å². The highest BCUT2D eigenvalue weighted by Gasteiger charge is 1.99. The van der Waals surface area contributed by atoms with E-state index in [-0.39, 0.29) is 12.2 Å². The highest BCUT2D eigenvalue weighted by molar-refractivity contribution is 5.69. The molecular weight excluding hydrogens is 144 g/mol. The Balaban J connectivity index is 3.54. The molecule has 0 aliphatic carbocycles. The van der Waals surface area contributed by atoms with Crippen molar-refractivity contribution in [2.24, 2.45) is 0 Å². The fourth-order valence-corrected chi connectivity index (χ4v) is 0.700. The van der Waals surface area contributed by atoms with Gasteiger partial charge in [0, 0.05) is 0 Å². The van der Waals surface area contributed by atoms with Crippen LogP contribution in [0.4, 0.5) is 0 Å². The summed E-state index contributed by atoms with van der Waals surface area (Å²) in [7, 11) is 0. The van der Waals surface area contributed by atoms with E-state index >= 15 is 0 Å². The second kappa shape index (κ2) is 5.77. The maximum Gasteiger partial charge on any atom is 0.311 e. The Hall–Kier alpha value is -0.990. The van der Waals surface area contributed by atoms with Gasteiger partial charge in [0.25, 0.3) is 0 Å². The molecule has 3 nitrogen and oxygen atoms in total. The molecule has 0 aromatic heterocycles. The van der Waals surface area contributed by atoms with Crippen LogP contribution in [-0.4, -0.2) is 16.2 Å². The summed E-state index contributed by atoms with van der Waals surface area (Å²) in [5.41, 5.74) is 0. The normalized spacial score (nSPS) is 11.5. The lowest BCUT2D eigenvalue weighted by molar-refractivity contribution is -0.136. The highest BCUT2D eigenvalue weighted by Crippen LogP contribution is 2.01. The molecule has 0 amide bonds. The summed E-state index contributed by atoms with van der Waals surface area (Å²) in [4.78, 5) is 10.0. The number of carbonyl (C=O) groups is 1. The molecule has 0 aromatic rings. The zero-order valence-corrected chi connectivity index (χ0v) is 6.71. The number of aliphatic hydroxyl groups excluding tert-OH is 1. The molecule has 3 heteroatoms. The predicted molar refractivity (Wildman–Crippen MR) is 42.5 cm³/mol. The van der Waals surface area contributed by atoms with Crippen LogP contribution in [0.25, 0.3) is 0 Å². The first-order valence-electron chi connectivity index (χ1n) is 3.76. The number of aliphatic carboxylic acids is 1. The Morgan fingerprint density at radius 2 is 2.09 bits per heavy atom. The molecule has 11 heavy (non-hydrogen) atoms. The number of hydrogen-bond donors (Lipinski definition) is 2. The van der Waals surface area contributed by atoms with Gasteiger partial charge in [-0.15, -0.1) is 0 Å². The smallest absolute Gasteiger partial charge is 0.311 e. The van der Waals surface area contributed by atoms with E-state index in [2.05, 4.69) is 0 Å². The first-order valence-corrected chi connectivity index (χ1v) is 3.76. The van der Waals surface area contributed by atoms with Gasteiger partial charge in [0.2, 0.25) is 0 Å². The van der Waals surface area contributed by atoms with Gasteiger partial charge in [0.1, 0.15) is 6.42 Å². The molecule has 0 saturated heterocycles. The van der Waals surface area contributed by atoms with Crippen LogP contribution in [0.5, 0.6) is 0 Å². The first kappa shape index (κ1) is 10.0. The highest BCUT2D eigenvalue weighted by atomic mass is 16.4. The molecule has 0 spiro atoms. The SMILES string of the molecule is CCCC/C=C(\O)CC(=O)O. The molecule has 0 radical (unpaired) electrons. The van der Waals surface area contributed by atoms with Crippen molar-refractivity contribution in [2.75, 3.05) is 0 Å². The summed E-state index contributed by atoms with van der Waals surface area (Å²) in [6.45, 7) is 2.04. The lowest BCUT2D eigenvalue weighted by Crippen LogP contribution is -1.96. The van der Waals surface area contributed by atoms with Crippen molar-refractivity contribution in [3.63, 3.8) is 0 Å². The summed E-state index contributed by atoms with van der Waals surface area (Å²) in [5.74, 6) is -1.03. The molecule has 0 rings (SSSR count). The standard InChI is InChI=1S/C8H14O3/c1-2-3-4-5-7(9)6-8(10)11/h5,9H,2-4,6H2,1H3,(H,10,11)/b7-5-. The predicted octanol–water partition coefficient (Wildman–Crippen LogP) is 2.09. The van der Waals surface area contributed by atoms with Gasteiger partial charge in [-0.2, -0.15) is 0 Å². The Morgan fingerprint density at radius 1 is 1.45 bits per heavy atom. The third kappa shape index (κ3) is 6.90. The van der Waals surface area contributed by atoms with E-state index < -0.39 is 5.97 Å². The van der Waals surface area contributed by atoms with Gasteiger partial charge in [-0.05, 0) is 18.9 Å². The fraction of sp³-hybridized carbons (Fsp3) is 0.625. The van der Waals surface area contributed by atoms with Crippen LogP contribution >= 0.6 is 0 Å². The van der Waals surface area contributed by atoms with Crippen molar-refractivity contribution in [2.45, 2.75) is 32.6 Å². The van der Waals surface area contributed by atoms with Crippen LogP contribution < -0.4 is 0 Å². The van der Waals surface area contributed by atoms with Crippen LogP contribution in [0.1, 0.15) is 32.6 Å². The average Bonchev–Trinajstić information content (AvgIpc) is 1.86. The Morgan fingerprint density at radius 3 is 2.55 bits per heavy atom. The van der Waals surface area contributed by atoms with E-state index in [4.69, 9.17) is 10.2 Å². The van der Waals surface area contributed by atoms with E-state index in [9.17, 15) is 4.79 Å². The molecule has 2 N–H and O–H groups in total. The summed E-state index contributed by atoms with van der Waals surface area (Å²) < 4.78 is 0. The van der Waals surface area contributed by atoms with Gasteiger partial charge in [-0.1, -0.05) is 13.3 Å². The molecule has 0 aliphatic heterocycles. The van der Waals surface area contributed by atoms with Crippen molar-refractivity contribution < 1.29 is 15.0 Å². The molecular formula is C8H14O3. The quantitative estimate of drug-likeness (QED) is 0.475. The van der Waals surface area contributed by atoms with Crippen LogP contribution in [0.3, 0.4) is 0 Å². The number of carboxylic acid groups (broad SMARTS) is 1. The molecule has 0 bridgehead atoms. The maximum atomic E-state index is 10.0. The maximum absolute atomic E-state index is 10.0. The first-order chi connectivity index (χ1) is 5.16. The summed E-state index contributed by atoms with van der Waals surface area (Å²) in [5, 5.41) is 17.2. The van der Waals surface area contributed by atoms with Gasteiger partial charge in [0.15, 0.2) is 0 Å². The molecule has 0 unspecified atom stereocenters. The second-order valence-corrected chi connectivity index (χ2v) is 2.41. The minimum Gasteiger partial charge on any atom is -0.512 e. The minimum atomic E-state index is -0.991. The third-order valence-corrected chi connectivity index (χ3v) is 1.27. The van der Waals surface area contributed by atoms with Gasteiger partial charge in [0.05, 0.1) is 5.76 Å². The second-order valence-electron chi connectivity index (χ2n) is 2.41. The van der Waals surface area contributed by atoms with Crippen molar-refractivity contribution >= 4 is 5.97 Å². The van der Waals surface area contributed by atoms with Gasteiger partial charge in [-0.3, -0.25) is 4.79 Å². The average molecular weight is 158 g/mol. The molecule has 0 fully saturated rings. The number of unbranched alkanes of at least 4 members (excludes halogenated alkanes) is 2. The summed E-state index contributed by atoms with van der Waals surface area (Å²) in [6, 6.07) is 0. The van der Waals surface area contributed by atoms with Crippen LogP contribution in [-0.2, 0) is 4.79 Å². The lowest BCUT2D eigenvalue weighted by atomic mass is 10.2. The Labute approximate surface area is 66.4 Å². The minimum absolute atomic E-state index is 0.0362. The van der Waals surface area contributed by atoms with Crippen LogP contribution in [0.15, 0.2) is 11.8 Å². The number of rotatable bonds is 5. The molecule has 0 heterocycles. The van der Waals surface area contributed by atoms with Gasteiger partial charge >= 0.3 is 5.97 Å². The number of aliphatic hydroxyl groups is 1.